The molecule has 1 amide bonds. The first kappa shape index (κ1) is 13.6. The summed E-state index contributed by atoms with van der Waals surface area (Å²) in [6, 6.07) is 6.52. The van der Waals surface area contributed by atoms with Crippen molar-refractivity contribution >= 4 is 17.6 Å². The minimum Gasteiger partial charge on any atom is -0.480 e. The molecule has 2 N–H and O–H groups in total. The van der Waals surface area contributed by atoms with Crippen LogP contribution in [0.3, 0.4) is 0 Å². The van der Waals surface area contributed by atoms with E-state index in [0.29, 0.717) is 11.3 Å². The maximum atomic E-state index is 12.0. The number of carbonyl (C=O) groups excluding carboxylic acids is 1. The summed E-state index contributed by atoms with van der Waals surface area (Å²) in [7, 11) is 0. The molecule has 1 heterocycles. The number of aryl methyl sites for hydroxylation is 1. The average Bonchev–Trinajstić information content (AvgIpc) is 2.84. The zero-order chi connectivity index (χ0) is 14.5. The van der Waals surface area contributed by atoms with E-state index in [9.17, 15) is 9.59 Å². The van der Waals surface area contributed by atoms with Gasteiger partial charge < -0.3 is 19.7 Å². The quantitative estimate of drug-likeness (QED) is 0.861. The van der Waals surface area contributed by atoms with Crippen molar-refractivity contribution in [2.75, 3.05) is 11.9 Å². The highest BCUT2D eigenvalue weighted by atomic mass is 16.5. The summed E-state index contributed by atoms with van der Waals surface area (Å²) in [6.07, 6.45) is 1.43. The van der Waals surface area contributed by atoms with Crippen molar-refractivity contribution in [2.24, 2.45) is 0 Å². The first-order valence-electron chi connectivity index (χ1n) is 5.74. The van der Waals surface area contributed by atoms with E-state index in [4.69, 9.17) is 14.4 Å². The fourth-order valence-electron chi connectivity index (χ4n) is 1.52. The van der Waals surface area contributed by atoms with Gasteiger partial charge in [0.25, 0.3) is 5.91 Å². The van der Waals surface area contributed by atoms with Crippen LogP contribution in [-0.4, -0.2) is 28.7 Å². The van der Waals surface area contributed by atoms with Crippen LogP contribution in [0, 0.1) is 6.92 Å². The topological polar surface area (TPSA) is 102 Å². The molecule has 7 heteroatoms. The summed E-state index contributed by atoms with van der Waals surface area (Å²) >= 11 is 0. The normalized spacial score (nSPS) is 10.1. The number of amides is 1. The number of hydrogen-bond donors (Lipinski definition) is 2. The number of anilines is 1. The molecule has 2 aromatic rings. The van der Waals surface area contributed by atoms with Gasteiger partial charge >= 0.3 is 5.97 Å². The van der Waals surface area contributed by atoms with Gasteiger partial charge in [-0.1, -0.05) is 17.3 Å². The van der Waals surface area contributed by atoms with Crippen LogP contribution in [0.25, 0.3) is 0 Å². The second kappa shape index (κ2) is 5.87. The van der Waals surface area contributed by atoms with Gasteiger partial charge in [-0.15, -0.1) is 0 Å². The molecule has 0 unspecified atom stereocenters. The predicted molar refractivity (Wildman–Crippen MR) is 68.8 cm³/mol. The second-order valence-electron chi connectivity index (χ2n) is 3.97. The lowest BCUT2D eigenvalue weighted by atomic mass is 10.2. The first-order valence-corrected chi connectivity index (χ1v) is 5.74. The molecule has 20 heavy (non-hydrogen) atoms. The third kappa shape index (κ3) is 3.14. The van der Waals surface area contributed by atoms with Crippen LogP contribution < -0.4 is 10.1 Å². The van der Waals surface area contributed by atoms with E-state index in [2.05, 4.69) is 10.5 Å². The number of aliphatic carboxylic acids is 1. The minimum absolute atomic E-state index is 0.0954. The highest BCUT2D eigenvalue weighted by Crippen LogP contribution is 2.24. The van der Waals surface area contributed by atoms with Crippen LogP contribution >= 0.6 is 0 Å². The van der Waals surface area contributed by atoms with Crippen LogP contribution in [0.4, 0.5) is 5.69 Å². The Morgan fingerprint density at radius 3 is 2.80 bits per heavy atom. The zero-order valence-electron chi connectivity index (χ0n) is 10.6. The molecule has 1 aromatic carbocycles. The molecule has 0 spiro atoms. The first-order chi connectivity index (χ1) is 9.58. The highest BCUT2D eigenvalue weighted by molar-refractivity contribution is 6.03. The number of nitrogens with zero attached hydrogens (tertiary/aromatic N) is 1. The lowest BCUT2D eigenvalue weighted by Gasteiger charge is -2.10. The third-order valence-corrected chi connectivity index (χ3v) is 2.44. The third-order valence-electron chi connectivity index (χ3n) is 2.44. The molecule has 0 saturated carbocycles. The number of carboxylic acids is 1. The number of para-hydroxylation sites is 2. The van der Waals surface area contributed by atoms with Gasteiger partial charge in [-0.05, 0) is 19.1 Å². The molecule has 0 aliphatic carbocycles. The number of carboxylic acid groups (broad SMARTS) is 1. The van der Waals surface area contributed by atoms with Crippen molar-refractivity contribution in [3.63, 3.8) is 0 Å². The molecule has 0 atom stereocenters. The van der Waals surface area contributed by atoms with Crippen LogP contribution in [-0.2, 0) is 4.79 Å². The molecule has 7 nitrogen and oxygen atoms in total. The van der Waals surface area contributed by atoms with Gasteiger partial charge in [-0.3, -0.25) is 4.79 Å². The van der Waals surface area contributed by atoms with Crippen LogP contribution in [0.2, 0.25) is 0 Å². The molecule has 104 valence electrons. The molecule has 2 rings (SSSR count). The number of carbonyl (C=O) groups is 2. The predicted octanol–water partition coefficient (Wildman–Crippen LogP) is 1.70. The molecule has 0 aliphatic rings. The maximum absolute atomic E-state index is 12.0. The second-order valence-corrected chi connectivity index (χ2v) is 3.97. The summed E-state index contributed by atoms with van der Waals surface area (Å²) in [4.78, 5) is 22.5. The average molecular weight is 276 g/mol. The highest BCUT2D eigenvalue weighted by Gasteiger charge is 2.16. The Bertz CT molecular complexity index is 635. The summed E-state index contributed by atoms with van der Waals surface area (Å²) < 4.78 is 9.93. The number of ether oxygens (including phenoxy) is 1. The van der Waals surface area contributed by atoms with Crippen LogP contribution in [0.15, 0.2) is 35.0 Å². The smallest absolute Gasteiger partial charge is 0.341 e. The molecular weight excluding hydrogens is 264 g/mol. The Hall–Kier alpha value is -2.83. The van der Waals surface area contributed by atoms with Crippen molar-refractivity contribution in [3.05, 3.63) is 41.8 Å². The minimum atomic E-state index is -1.10. The van der Waals surface area contributed by atoms with Gasteiger partial charge in [0, 0.05) is 5.56 Å². The van der Waals surface area contributed by atoms with E-state index < -0.39 is 18.5 Å². The van der Waals surface area contributed by atoms with Crippen LogP contribution in [0.1, 0.15) is 16.1 Å². The van der Waals surface area contributed by atoms with Gasteiger partial charge in [-0.25, -0.2) is 4.79 Å². The number of rotatable bonds is 5. The van der Waals surface area contributed by atoms with Crippen molar-refractivity contribution in [1.29, 1.82) is 0 Å². The molecule has 0 bridgehead atoms. The molecule has 0 fully saturated rings. The van der Waals surface area contributed by atoms with Gasteiger partial charge in [-0.2, -0.15) is 0 Å². The lowest BCUT2D eigenvalue weighted by Crippen LogP contribution is -2.15. The van der Waals surface area contributed by atoms with Crippen molar-refractivity contribution < 1.29 is 24.0 Å². The maximum Gasteiger partial charge on any atom is 0.341 e. The lowest BCUT2D eigenvalue weighted by molar-refractivity contribution is -0.139. The SMILES string of the molecule is Cc1cnoc1C(=O)Nc1ccccc1OCC(=O)O. The summed E-state index contributed by atoms with van der Waals surface area (Å²) in [5, 5.41) is 14.7. The van der Waals surface area contributed by atoms with E-state index in [1.165, 1.54) is 6.20 Å². The zero-order valence-corrected chi connectivity index (χ0v) is 10.6. The molecule has 0 aliphatic heterocycles. The Balaban J connectivity index is 2.15. The van der Waals surface area contributed by atoms with Gasteiger partial charge in [0.15, 0.2) is 6.61 Å². The molecule has 0 radical (unpaired) electrons. The van der Waals surface area contributed by atoms with Crippen molar-refractivity contribution in [1.82, 2.24) is 5.16 Å². The monoisotopic (exact) mass is 276 g/mol. The van der Waals surface area contributed by atoms with Gasteiger partial charge in [0.1, 0.15) is 5.75 Å². The van der Waals surface area contributed by atoms with Crippen LogP contribution in [0.5, 0.6) is 5.75 Å². The summed E-state index contributed by atoms with van der Waals surface area (Å²) in [5.41, 5.74) is 0.959. The largest absolute Gasteiger partial charge is 0.480 e. The molecular formula is C13H12N2O5. The van der Waals surface area contributed by atoms with Crippen molar-refractivity contribution in [2.45, 2.75) is 6.92 Å². The van der Waals surface area contributed by atoms with E-state index in [1.54, 1.807) is 31.2 Å². The number of benzene rings is 1. The van der Waals surface area contributed by atoms with E-state index >= 15 is 0 Å². The van der Waals surface area contributed by atoms with Crippen molar-refractivity contribution in [3.8, 4) is 5.75 Å². The van der Waals surface area contributed by atoms with Gasteiger partial charge in [0.2, 0.25) is 5.76 Å². The fourth-order valence-corrected chi connectivity index (χ4v) is 1.52. The van der Waals surface area contributed by atoms with Gasteiger partial charge in [0.05, 0.1) is 11.9 Å². The fraction of sp³-hybridized carbons (Fsp3) is 0.154. The Labute approximate surface area is 114 Å². The summed E-state index contributed by atoms with van der Waals surface area (Å²) in [5.74, 6) is -1.22. The van der Waals surface area contributed by atoms with E-state index in [1.807, 2.05) is 0 Å². The Morgan fingerprint density at radius 2 is 2.15 bits per heavy atom. The van der Waals surface area contributed by atoms with E-state index in [-0.39, 0.29) is 11.5 Å². The molecule has 0 saturated heterocycles. The van der Waals surface area contributed by atoms with E-state index in [0.717, 1.165) is 0 Å². The standard InChI is InChI=1S/C13H12N2O5/c1-8-6-14-20-12(8)13(18)15-9-4-2-3-5-10(9)19-7-11(16)17/h2-6H,7H2,1H3,(H,15,18)(H,16,17). The summed E-state index contributed by atoms with van der Waals surface area (Å²) in [6.45, 7) is 1.20. The molecule has 1 aromatic heterocycles. The number of nitrogens with one attached hydrogen (secondary N) is 1. The Morgan fingerprint density at radius 1 is 1.40 bits per heavy atom. The number of hydrogen-bond acceptors (Lipinski definition) is 5. The number of aromatic nitrogens is 1. The Kier molecular flexibility index (Phi) is 3.99.